The number of aryl methyl sites for hydroxylation is 1. The number of nitrogens with zero attached hydrogens (tertiary/aromatic N) is 5. The topological polar surface area (TPSA) is 131 Å². The van der Waals surface area contributed by atoms with Crippen LogP contribution in [0.1, 0.15) is 48.7 Å². The van der Waals surface area contributed by atoms with Crippen LogP contribution in [0.25, 0.3) is 11.3 Å². The van der Waals surface area contributed by atoms with Gasteiger partial charge in [0, 0.05) is 48.9 Å². The van der Waals surface area contributed by atoms with Crippen molar-refractivity contribution < 1.29 is 41.4 Å². The van der Waals surface area contributed by atoms with E-state index in [-0.39, 0.29) is 24.3 Å². The van der Waals surface area contributed by atoms with Gasteiger partial charge in [0.05, 0.1) is 12.2 Å². The molecule has 2 aliphatic rings. The lowest BCUT2D eigenvalue weighted by molar-refractivity contribution is -0.192. The van der Waals surface area contributed by atoms with Gasteiger partial charge in [0.1, 0.15) is 17.3 Å². The maximum absolute atomic E-state index is 15.0. The summed E-state index contributed by atoms with van der Waals surface area (Å²) in [5.74, 6) is -4.27. The summed E-state index contributed by atoms with van der Waals surface area (Å²) in [6.07, 6.45) is -4.03. The van der Waals surface area contributed by atoms with Gasteiger partial charge < -0.3 is 20.6 Å². The predicted octanol–water partition coefficient (Wildman–Crippen LogP) is 5.40. The molecule has 11 nitrogen and oxygen atoms in total. The van der Waals surface area contributed by atoms with Gasteiger partial charge in [-0.25, -0.2) is 28.3 Å². The third-order valence-electron chi connectivity index (χ3n) is 7.58. The van der Waals surface area contributed by atoms with Crippen LogP contribution in [0.5, 0.6) is 0 Å². The molecule has 3 heterocycles. The third kappa shape index (κ3) is 8.16. The van der Waals surface area contributed by atoms with Crippen LogP contribution < -0.4 is 20.4 Å². The quantitative estimate of drug-likeness (QED) is 0.284. The molecule has 1 aromatic heterocycles. The number of amides is 3. The fraction of sp³-hybridized carbons (Fsp3) is 0.406. The summed E-state index contributed by atoms with van der Waals surface area (Å²) in [6.45, 7) is 11.8. The number of aromatic nitrogens is 2. The molecule has 1 fully saturated rings. The summed E-state index contributed by atoms with van der Waals surface area (Å²) in [4.78, 5) is 50.0. The van der Waals surface area contributed by atoms with Gasteiger partial charge in [0.2, 0.25) is 5.95 Å². The number of nitrogens with one attached hydrogen (secondary N) is 2. The lowest BCUT2D eigenvalue weighted by Gasteiger charge is -2.36. The van der Waals surface area contributed by atoms with E-state index in [0.29, 0.717) is 41.4 Å². The highest BCUT2D eigenvalue weighted by atomic mass is 19.4. The number of anilines is 3. The first-order chi connectivity index (χ1) is 22.6. The lowest BCUT2D eigenvalue weighted by Crippen LogP contribution is -2.48. The van der Waals surface area contributed by atoms with E-state index in [1.165, 1.54) is 6.07 Å². The lowest BCUT2D eigenvalue weighted by atomic mass is 9.97. The van der Waals surface area contributed by atoms with Gasteiger partial charge in [0.25, 0.3) is 5.91 Å². The molecule has 0 saturated carbocycles. The van der Waals surface area contributed by atoms with Crippen molar-refractivity contribution in [3.8, 4) is 11.3 Å². The van der Waals surface area contributed by atoms with E-state index in [9.17, 15) is 22.8 Å². The number of hydrogen-bond acceptors (Lipinski definition) is 7. The Hall–Kier alpha value is -4.86. The second-order valence-corrected chi connectivity index (χ2v) is 11.5. The normalized spacial score (nSPS) is 15.0. The van der Waals surface area contributed by atoms with Crippen LogP contribution in [-0.2, 0) is 11.3 Å². The third-order valence-corrected chi connectivity index (χ3v) is 7.58. The molecular weight excluding hydrogens is 641 g/mol. The minimum absolute atomic E-state index is 0.0449. The standard InChI is InChI=1S/C30H35F2N7O2.C2HF3O2/c1-5-11-37-12-14-38(15-13-37)29-35-25(21-16-20(10-9-19(21)4)28(40)34-18(2)3)22-17-33-30(41)39(27(22)36-29)26-23(31)7-6-8-24(26)32;3-2(4,5)1(6)7/h6-10,16,18H,5,11-15,17H2,1-4H3,(H,33,41)(H,34,40);(H,6,7). The first-order valence-corrected chi connectivity index (χ1v) is 15.2. The maximum Gasteiger partial charge on any atom is 0.490 e. The number of fused-ring (bicyclic) bond motifs is 1. The Labute approximate surface area is 273 Å². The zero-order valence-corrected chi connectivity index (χ0v) is 26.8. The van der Waals surface area contributed by atoms with Crippen molar-refractivity contribution in [1.29, 1.82) is 0 Å². The molecule has 258 valence electrons. The van der Waals surface area contributed by atoms with Crippen molar-refractivity contribution in [2.45, 2.75) is 52.9 Å². The summed E-state index contributed by atoms with van der Waals surface area (Å²) in [5.41, 5.74) is 2.49. The van der Waals surface area contributed by atoms with Gasteiger partial charge in [-0.15, -0.1) is 0 Å². The number of carbonyl (C=O) groups is 3. The van der Waals surface area contributed by atoms with Gasteiger partial charge in [-0.3, -0.25) is 9.69 Å². The average molecular weight is 678 g/mol. The summed E-state index contributed by atoms with van der Waals surface area (Å²) in [6, 6.07) is 8.10. The molecule has 0 aliphatic carbocycles. The van der Waals surface area contributed by atoms with Crippen LogP contribution in [0.2, 0.25) is 0 Å². The molecule has 3 amide bonds. The predicted molar refractivity (Wildman–Crippen MR) is 168 cm³/mol. The number of carboxylic acid groups (broad SMARTS) is 1. The number of para-hydroxylation sites is 1. The van der Waals surface area contributed by atoms with Crippen LogP contribution in [0.15, 0.2) is 36.4 Å². The van der Waals surface area contributed by atoms with Crippen LogP contribution in [0.4, 0.5) is 44.2 Å². The largest absolute Gasteiger partial charge is 0.490 e. The summed E-state index contributed by atoms with van der Waals surface area (Å²) in [7, 11) is 0. The van der Waals surface area contributed by atoms with E-state index >= 15 is 8.78 Å². The molecule has 0 unspecified atom stereocenters. The number of urea groups is 1. The molecule has 0 radical (unpaired) electrons. The number of benzene rings is 2. The molecule has 0 atom stereocenters. The fourth-order valence-corrected chi connectivity index (χ4v) is 5.27. The van der Waals surface area contributed by atoms with E-state index in [1.807, 2.05) is 31.7 Å². The summed E-state index contributed by atoms with van der Waals surface area (Å²) < 4.78 is 61.8. The Kier molecular flexibility index (Phi) is 11.2. The van der Waals surface area contributed by atoms with E-state index in [2.05, 4.69) is 22.5 Å². The number of carboxylic acids is 1. The number of rotatable bonds is 7. The molecule has 48 heavy (non-hydrogen) atoms. The van der Waals surface area contributed by atoms with Gasteiger partial charge in [0.15, 0.2) is 5.82 Å². The molecule has 5 rings (SSSR count). The summed E-state index contributed by atoms with van der Waals surface area (Å²) >= 11 is 0. The molecule has 1 saturated heterocycles. The molecule has 16 heteroatoms. The van der Waals surface area contributed by atoms with Crippen LogP contribution in [0.3, 0.4) is 0 Å². The van der Waals surface area contributed by atoms with E-state index in [0.717, 1.165) is 48.7 Å². The van der Waals surface area contributed by atoms with Gasteiger partial charge in [-0.1, -0.05) is 19.1 Å². The summed E-state index contributed by atoms with van der Waals surface area (Å²) in [5, 5.41) is 12.8. The van der Waals surface area contributed by atoms with Crippen molar-refractivity contribution in [3.05, 3.63) is 64.7 Å². The fourth-order valence-electron chi connectivity index (χ4n) is 5.27. The van der Waals surface area contributed by atoms with Crippen LogP contribution in [0, 0.1) is 18.6 Å². The number of carbonyl (C=O) groups excluding carboxylic acids is 2. The van der Waals surface area contributed by atoms with Crippen molar-refractivity contribution in [2.24, 2.45) is 0 Å². The second-order valence-electron chi connectivity index (χ2n) is 11.5. The van der Waals surface area contributed by atoms with E-state index in [1.54, 1.807) is 12.1 Å². The highest BCUT2D eigenvalue weighted by Crippen LogP contribution is 2.40. The maximum atomic E-state index is 15.0. The average Bonchev–Trinajstić information content (AvgIpc) is 3.01. The Morgan fingerprint density at radius 2 is 1.67 bits per heavy atom. The minimum Gasteiger partial charge on any atom is -0.475 e. The van der Waals surface area contributed by atoms with Gasteiger partial charge in [-0.2, -0.15) is 18.2 Å². The smallest absolute Gasteiger partial charge is 0.475 e. The van der Waals surface area contributed by atoms with Gasteiger partial charge in [-0.05, 0) is 63.6 Å². The zero-order chi connectivity index (χ0) is 35.3. The first kappa shape index (κ1) is 36.0. The van der Waals surface area contributed by atoms with E-state index < -0.39 is 35.5 Å². The van der Waals surface area contributed by atoms with Crippen LogP contribution >= 0.6 is 0 Å². The van der Waals surface area contributed by atoms with Crippen molar-refractivity contribution in [2.75, 3.05) is 42.5 Å². The first-order valence-electron chi connectivity index (χ1n) is 15.2. The minimum atomic E-state index is -5.08. The number of aliphatic carboxylic acids is 1. The molecule has 3 aromatic rings. The second kappa shape index (κ2) is 14.9. The Bertz CT molecular complexity index is 1660. The highest BCUT2D eigenvalue weighted by molar-refractivity contribution is 6.02. The van der Waals surface area contributed by atoms with Crippen molar-refractivity contribution >= 4 is 35.4 Å². The Morgan fingerprint density at radius 3 is 2.23 bits per heavy atom. The monoisotopic (exact) mass is 677 g/mol. The molecule has 0 spiro atoms. The number of piperazine rings is 1. The molecular formula is C32H36F5N7O4. The molecule has 3 N–H and O–H groups in total. The van der Waals surface area contributed by atoms with Crippen molar-refractivity contribution in [3.63, 3.8) is 0 Å². The molecule has 0 bridgehead atoms. The number of halogens is 5. The Balaban J connectivity index is 0.000000671. The van der Waals surface area contributed by atoms with E-state index in [4.69, 9.17) is 19.9 Å². The highest BCUT2D eigenvalue weighted by Gasteiger charge is 2.38. The number of hydrogen-bond donors (Lipinski definition) is 3. The van der Waals surface area contributed by atoms with Crippen LogP contribution in [-0.4, -0.2) is 82.8 Å². The Morgan fingerprint density at radius 1 is 1.04 bits per heavy atom. The number of alkyl halides is 3. The SMILES string of the molecule is CCCN1CCN(c2nc(-c3cc(C(=O)NC(C)C)ccc3C)c3c(n2)N(c2c(F)cccc2F)C(=O)NC3)CC1.O=C(O)C(F)(F)F. The molecule has 2 aliphatic heterocycles. The van der Waals surface area contributed by atoms with Gasteiger partial charge >= 0.3 is 18.2 Å². The zero-order valence-electron chi connectivity index (χ0n) is 26.8. The molecule has 2 aromatic carbocycles. The van der Waals surface area contributed by atoms with Crippen molar-refractivity contribution in [1.82, 2.24) is 25.5 Å².